The average Bonchev–Trinajstić information content (AvgIpc) is 2.70. The van der Waals surface area contributed by atoms with Crippen LogP contribution >= 0.6 is 15.9 Å². The summed E-state index contributed by atoms with van der Waals surface area (Å²) in [5.74, 6) is -0.152. The Morgan fingerprint density at radius 2 is 2.35 bits per heavy atom. The number of aromatic nitrogens is 2. The van der Waals surface area contributed by atoms with Gasteiger partial charge in [-0.3, -0.25) is 9.48 Å². The maximum absolute atomic E-state index is 11.8. The molecule has 0 aliphatic heterocycles. The van der Waals surface area contributed by atoms with Crippen LogP contribution in [0.15, 0.2) is 10.7 Å². The highest BCUT2D eigenvalue weighted by Crippen LogP contribution is 2.14. The number of nitrogens with one attached hydrogen (secondary N) is 1. The van der Waals surface area contributed by atoms with Crippen molar-refractivity contribution in [3.63, 3.8) is 0 Å². The summed E-state index contributed by atoms with van der Waals surface area (Å²) in [6.07, 6.45) is 2.61. The number of ether oxygens (including phenoxy) is 1. The number of nitrogens with zero attached hydrogens (tertiary/aromatic N) is 2. The minimum Gasteiger partial charge on any atom is -0.382 e. The molecule has 0 saturated heterocycles. The Kier molecular flexibility index (Phi) is 6.21. The van der Waals surface area contributed by atoms with E-state index in [1.807, 2.05) is 13.8 Å². The quantitative estimate of drug-likeness (QED) is 0.782. The zero-order valence-electron chi connectivity index (χ0n) is 10.2. The summed E-state index contributed by atoms with van der Waals surface area (Å²) in [5.41, 5.74) is 0.434. The van der Waals surface area contributed by atoms with Crippen molar-refractivity contribution in [1.29, 1.82) is 0 Å². The van der Waals surface area contributed by atoms with Crippen LogP contribution in [-0.4, -0.2) is 35.4 Å². The summed E-state index contributed by atoms with van der Waals surface area (Å²) >= 11 is 3.32. The second-order valence-corrected chi connectivity index (χ2v) is 4.34. The van der Waals surface area contributed by atoms with Gasteiger partial charge in [-0.15, -0.1) is 0 Å². The molecule has 0 fully saturated rings. The van der Waals surface area contributed by atoms with E-state index >= 15 is 0 Å². The Bertz CT molecular complexity index is 366. The molecule has 0 aromatic carbocycles. The first-order chi connectivity index (χ1) is 8.19. The van der Waals surface area contributed by atoms with Gasteiger partial charge >= 0.3 is 0 Å². The normalized spacial score (nSPS) is 10.5. The molecule has 1 amide bonds. The molecule has 0 radical (unpaired) electrons. The van der Waals surface area contributed by atoms with Gasteiger partial charge in [-0.2, -0.15) is 5.10 Å². The predicted octanol–water partition coefficient (Wildman–Crippen LogP) is 1.82. The second-order valence-electron chi connectivity index (χ2n) is 3.49. The lowest BCUT2D eigenvalue weighted by Gasteiger charge is -2.03. The molecule has 5 nitrogen and oxygen atoms in total. The van der Waals surface area contributed by atoms with Crippen LogP contribution in [0.1, 0.15) is 30.8 Å². The summed E-state index contributed by atoms with van der Waals surface area (Å²) in [6.45, 7) is 6.65. The zero-order chi connectivity index (χ0) is 12.7. The SMILES string of the molecule is CCOCCCNC(=O)c1nn(CC)cc1Br. The first-order valence-electron chi connectivity index (χ1n) is 5.77. The summed E-state index contributed by atoms with van der Waals surface area (Å²) in [7, 11) is 0. The Hall–Kier alpha value is -0.880. The Morgan fingerprint density at radius 1 is 1.59 bits per heavy atom. The highest BCUT2D eigenvalue weighted by molar-refractivity contribution is 9.10. The van der Waals surface area contributed by atoms with Gasteiger partial charge in [-0.25, -0.2) is 0 Å². The van der Waals surface area contributed by atoms with Crippen LogP contribution in [-0.2, 0) is 11.3 Å². The smallest absolute Gasteiger partial charge is 0.272 e. The molecule has 1 aromatic heterocycles. The zero-order valence-corrected chi connectivity index (χ0v) is 11.8. The fourth-order valence-electron chi connectivity index (χ4n) is 1.32. The highest BCUT2D eigenvalue weighted by atomic mass is 79.9. The molecule has 0 spiro atoms. The van der Waals surface area contributed by atoms with Gasteiger partial charge in [0.1, 0.15) is 0 Å². The molecule has 0 saturated carbocycles. The monoisotopic (exact) mass is 303 g/mol. The van der Waals surface area contributed by atoms with Crippen LogP contribution in [0, 0.1) is 0 Å². The molecule has 0 aliphatic carbocycles. The third kappa shape index (κ3) is 4.47. The van der Waals surface area contributed by atoms with Gasteiger partial charge in [0.15, 0.2) is 5.69 Å². The van der Waals surface area contributed by atoms with E-state index in [-0.39, 0.29) is 5.91 Å². The fourth-order valence-corrected chi connectivity index (χ4v) is 1.81. The van der Waals surface area contributed by atoms with E-state index < -0.39 is 0 Å². The van der Waals surface area contributed by atoms with E-state index in [1.165, 1.54) is 0 Å². The highest BCUT2D eigenvalue weighted by Gasteiger charge is 2.13. The minimum atomic E-state index is -0.152. The molecule has 1 heterocycles. The third-order valence-corrected chi connectivity index (χ3v) is 2.79. The van der Waals surface area contributed by atoms with Crippen molar-refractivity contribution in [2.24, 2.45) is 0 Å². The number of amides is 1. The van der Waals surface area contributed by atoms with Gasteiger partial charge < -0.3 is 10.1 Å². The number of rotatable bonds is 7. The molecule has 0 unspecified atom stereocenters. The molecule has 0 aliphatic rings. The maximum Gasteiger partial charge on any atom is 0.272 e. The summed E-state index contributed by atoms with van der Waals surface area (Å²) in [4.78, 5) is 11.8. The van der Waals surface area contributed by atoms with E-state index in [0.717, 1.165) is 17.4 Å². The van der Waals surface area contributed by atoms with Crippen molar-refractivity contribution in [2.45, 2.75) is 26.8 Å². The van der Waals surface area contributed by atoms with Crippen molar-refractivity contribution in [3.05, 3.63) is 16.4 Å². The molecule has 1 N–H and O–H groups in total. The summed E-state index contributed by atoms with van der Waals surface area (Å²) < 4.78 is 7.63. The van der Waals surface area contributed by atoms with Crippen LogP contribution in [0.25, 0.3) is 0 Å². The van der Waals surface area contributed by atoms with E-state index in [4.69, 9.17) is 4.74 Å². The fraction of sp³-hybridized carbons (Fsp3) is 0.636. The number of aryl methyl sites for hydroxylation is 1. The molecular weight excluding hydrogens is 286 g/mol. The first-order valence-corrected chi connectivity index (χ1v) is 6.57. The molecule has 17 heavy (non-hydrogen) atoms. The number of hydrogen-bond donors (Lipinski definition) is 1. The minimum absolute atomic E-state index is 0.152. The predicted molar refractivity (Wildman–Crippen MR) is 69.0 cm³/mol. The van der Waals surface area contributed by atoms with Gasteiger partial charge in [0, 0.05) is 32.5 Å². The largest absolute Gasteiger partial charge is 0.382 e. The van der Waals surface area contributed by atoms with Crippen LogP contribution in [0.2, 0.25) is 0 Å². The molecule has 1 aromatic rings. The number of hydrogen-bond acceptors (Lipinski definition) is 3. The lowest BCUT2D eigenvalue weighted by molar-refractivity contribution is 0.0938. The first kappa shape index (κ1) is 14.2. The summed E-state index contributed by atoms with van der Waals surface area (Å²) in [6, 6.07) is 0. The van der Waals surface area contributed by atoms with Crippen LogP contribution < -0.4 is 5.32 Å². The number of carbonyl (C=O) groups is 1. The Morgan fingerprint density at radius 3 is 2.94 bits per heavy atom. The van der Waals surface area contributed by atoms with Crippen molar-refractivity contribution < 1.29 is 9.53 Å². The number of carbonyl (C=O) groups excluding carboxylic acids is 1. The van der Waals surface area contributed by atoms with E-state index in [0.29, 0.717) is 25.5 Å². The second kappa shape index (κ2) is 7.45. The molecule has 0 atom stereocenters. The van der Waals surface area contributed by atoms with E-state index in [1.54, 1.807) is 10.9 Å². The van der Waals surface area contributed by atoms with Crippen LogP contribution in [0.4, 0.5) is 0 Å². The van der Waals surface area contributed by atoms with Crippen LogP contribution in [0.5, 0.6) is 0 Å². The lowest BCUT2D eigenvalue weighted by atomic mass is 10.4. The molecule has 1 rings (SSSR count). The van der Waals surface area contributed by atoms with Gasteiger partial charge in [0.2, 0.25) is 0 Å². The van der Waals surface area contributed by atoms with Crippen molar-refractivity contribution >= 4 is 21.8 Å². The summed E-state index contributed by atoms with van der Waals surface area (Å²) in [5, 5.41) is 6.98. The van der Waals surface area contributed by atoms with Gasteiger partial charge in [0.05, 0.1) is 4.47 Å². The maximum atomic E-state index is 11.8. The number of halogens is 1. The standard InChI is InChI=1S/C11H18BrN3O2/c1-3-15-8-9(12)10(14-15)11(16)13-6-5-7-17-4-2/h8H,3-7H2,1-2H3,(H,13,16). The van der Waals surface area contributed by atoms with Crippen molar-refractivity contribution in [3.8, 4) is 0 Å². The average molecular weight is 304 g/mol. The third-order valence-electron chi connectivity index (χ3n) is 2.21. The molecular formula is C11H18BrN3O2. The molecule has 96 valence electrons. The van der Waals surface area contributed by atoms with Crippen molar-refractivity contribution in [1.82, 2.24) is 15.1 Å². The van der Waals surface area contributed by atoms with Gasteiger partial charge in [-0.1, -0.05) is 0 Å². The van der Waals surface area contributed by atoms with E-state index in [2.05, 4.69) is 26.3 Å². The lowest BCUT2D eigenvalue weighted by Crippen LogP contribution is -2.26. The topological polar surface area (TPSA) is 56.1 Å². The van der Waals surface area contributed by atoms with Gasteiger partial charge in [-0.05, 0) is 36.2 Å². The molecule has 0 bridgehead atoms. The molecule has 6 heteroatoms. The Balaban J connectivity index is 2.38. The van der Waals surface area contributed by atoms with Gasteiger partial charge in [0.25, 0.3) is 5.91 Å². The van der Waals surface area contributed by atoms with Crippen LogP contribution in [0.3, 0.4) is 0 Å². The van der Waals surface area contributed by atoms with E-state index in [9.17, 15) is 4.79 Å². The Labute approximate surface area is 110 Å². The van der Waals surface area contributed by atoms with Crippen molar-refractivity contribution in [2.75, 3.05) is 19.8 Å².